The van der Waals surface area contributed by atoms with E-state index < -0.39 is 0 Å². The lowest BCUT2D eigenvalue weighted by Crippen LogP contribution is -2.10. The molecule has 0 N–H and O–H groups in total. The van der Waals surface area contributed by atoms with Gasteiger partial charge < -0.3 is 9.47 Å². The van der Waals surface area contributed by atoms with Gasteiger partial charge in [0.15, 0.2) is 23.1 Å². The van der Waals surface area contributed by atoms with Crippen LogP contribution in [0.4, 0.5) is 0 Å². The molecule has 2 aromatic carbocycles. The van der Waals surface area contributed by atoms with E-state index in [-0.39, 0.29) is 23.2 Å². The number of carbonyl (C=O) groups excluding carboxylic acids is 2. The van der Waals surface area contributed by atoms with E-state index in [4.69, 9.17) is 9.47 Å². The first-order chi connectivity index (χ1) is 12.0. The molecule has 0 aliphatic heterocycles. The lowest BCUT2D eigenvalue weighted by molar-refractivity contribution is 0.0990. The summed E-state index contributed by atoms with van der Waals surface area (Å²) in [6.45, 7) is 4.04. The Kier molecular flexibility index (Phi) is 4.70. The highest BCUT2D eigenvalue weighted by molar-refractivity contribution is 6.41. The molecular formula is C21H20O4. The number of hydrogen-bond acceptors (Lipinski definition) is 4. The summed E-state index contributed by atoms with van der Waals surface area (Å²) in [5.74, 6) is 0.746. The molecule has 3 rings (SSSR count). The molecule has 128 valence electrons. The Morgan fingerprint density at radius 2 is 1.64 bits per heavy atom. The smallest absolute Gasteiger partial charge is 0.197 e. The second-order valence-corrected chi connectivity index (χ2v) is 6.01. The van der Waals surface area contributed by atoms with Gasteiger partial charge in [0.2, 0.25) is 0 Å². The number of allylic oxidation sites excluding steroid dienone is 1. The zero-order valence-electron chi connectivity index (χ0n) is 14.5. The van der Waals surface area contributed by atoms with Crippen molar-refractivity contribution in [2.45, 2.75) is 26.4 Å². The molecule has 0 saturated carbocycles. The van der Waals surface area contributed by atoms with Crippen molar-refractivity contribution in [2.75, 3.05) is 7.11 Å². The van der Waals surface area contributed by atoms with Gasteiger partial charge in [-0.1, -0.05) is 37.3 Å². The van der Waals surface area contributed by atoms with Crippen molar-refractivity contribution >= 4 is 17.6 Å². The van der Waals surface area contributed by atoms with Crippen LogP contribution in [0.25, 0.3) is 6.08 Å². The standard InChI is InChI=1S/C21H20O4/c1-4-13(2)25-18-10-9-14(12-19(18)24-3)11-17-20(22)15-7-5-6-8-16(15)21(17)23/h5-13H,4H2,1-3H3/t13-/m1/s1. The van der Waals surface area contributed by atoms with Gasteiger partial charge in [-0.05, 0) is 37.1 Å². The fourth-order valence-electron chi connectivity index (χ4n) is 2.74. The van der Waals surface area contributed by atoms with Gasteiger partial charge in [0.05, 0.1) is 18.8 Å². The van der Waals surface area contributed by atoms with Crippen LogP contribution in [0.3, 0.4) is 0 Å². The molecule has 2 aromatic rings. The maximum absolute atomic E-state index is 12.5. The first-order valence-electron chi connectivity index (χ1n) is 8.30. The largest absolute Gasteiger partial charge is 0.493 e. The molecule has 0 unspecified atom stereocenters. The lowest BCUT2D eigenvalue weighted by atomic mass is 10.1. The molecule has 4 heteroatoms. The minimum atomic E-state index is -0.237. The molecular weight excluding hydrogens is 316 g/mol. The van der Waals surface area contributed by atoms with Crippen molar-refractivity contribution in [1.82, 2.24) is 0 Å². The SMILES string of the molecule is CC[C@@H](C)Oc1ccc(C=C2C(=O)c3ccccc3C2=O)cc1OC. The molecule has 4 nitrogen and oxygen atoms in total. The minimum Gasteiger partial charge on any atom is -0.493 e. The molecule has 1 aliphatic rings. The molecule has 0 heterocycles. The van der Waals surface area contributed by atoms with Gasteiger partial charge in [-0.2, -0.15) is 0 Å². The Morgan fingerprint density at radius 1 is 1.00 bits per heavy atom. The number of fused-ring (bicyclic) bond motifs is 1. The summed E-state index contributed by atoms with van der Waals surface area (Å²) in [6.07, 6.45) is 2.57. The predicted molar refractivity (Wildman–Crippen MR) is 96.5 cm³/mol. The Balaban J connectivity index is 1.95. The predicted octanol–water partition coefficient (Wildman–Crippen LogP) is 4.34. The zero-order valence-corrected chi connectivity index (χ0v) is 14.5. The number of Topliss-reactive ketones (excluding diaryl/α,β-unsaturated/α-hetero) is 2. The molecule has 0 fully saturated rings. The minimum absolute atomic E-state index is 0.0746. The van der Waals surface area contributed by atoms with Gasteiger partial charge in [0.1, 0.15) is 0 Å². The molecule has 25 heavy (non-hydrogen) atoms. The molecule has 1 atom stereocenters. The average molecular weight is 336 g/mol. The summed E-state index contributed by atoms with van der Waals surface area (Å²) >= 11 is 0. The molecule has 0 bridgehead atoms. The molecule has 0 aromatic heterocycles. The number of methoxy groups -OCH3 is 1. The fraction of sp³-hybridized carbons (Fsp3) is 0.238. The van der Waals surface area contributed by atoms with Gasteiger partial charge in [-0.3, -0.25) is 9.59 Å². The van der Waals surface area contributed by atoms with Crippen molar-refractivity contribution in [2.24, 2.45) is 0 Å². The van der Waals surface area contributed by atoms with Crippen LogP contribution in [-0.2, 0) is 0 Å². The molecule has 0 spiro atoms. The summed E-state index contributed by atoms with van der Waals surface area (Å²) in [5, 5.41) is 0. The number of rotatable bonds is 5. The van der Waals surface area contributed by atoms with Crippen molar-refractivity contribution in [3.63, 3.8) is 0 Å². The van der Waals surface area contributed by atoms with Crippen LogP contribution in [0.15, 0.2) is 48.0 Å². The number of carbonyl (C=O) groups is 2. The number of hydrogen-bond donors (Lipinski definition) is 0. The van der Waals surface area contributed by atoms with E-state index in [9.17, 15) is 9.59 Å². The van der Waals surface area contributed by atoms with Crippen molar-refractivity contribution in [3.05, 3.63) is 64.7 Å². The van der Waals surface area contributed by atoms with Crippen LogP contribution in [0.2, 0.25) is 0 Å². The monoisotopic (exact) mass is 336 g/mol. The molecule has 0 radical (unpaired) electrons. The second kappa shape index (κ2) is 6.93. The van der Waals surface area contributed by atoms with Crippen molar-refractivity contribution in [1.29, 1.82) is 0 Å². The first-order valence-corrected chi connectivity index (χ1v) is 8.30. The van der Waals surface area contributed by atoms with E-state index in [2.05, 4.69) is 0 Å². The van der Waals surface area contributed by atoms with Gasteiger partial charge in [-0.15, -0.1) is 0 Å². The third-order valence-corrected chi connectivity index (χ3v) is 4.31. The molecule has 1 aliphatic carbocycles. The number of benzene rings is 2. The highest BCUT2D eigenvalue weighted by Gasteiger charge is 2.32. The highest BCUT2D eigenvalue weighted by atomic mass is 16.5. The van der Waals surface area contributed by atoms with E-state index in [1.165, 1.54) is 0 Å². The lowest BCUT2D eigenvalue weighted by Gasteiger charge is -2.15. The van der Waals surface area contributed by atoms with Crippen LogP contribution in [0.1, 0.15) is 46.5 Å². The van der Waals surface area contributed by atoms with Crippen LogP contribution in [-0.4, -0.2) is 24.8 Å². The maximum atomic E-state index is 12.5. The Morgan fingerprint density at radius 3 is 2.20 bits per heavy atom. The third kappa shape index (κ3) is 3.20. The molecule has 0 saturated heterocycles. The van der Waals surface area contributed by atoms with Gasteiger partial charge in [-0.25, -0.2) is 0 Å². The van der Waals surface area contributed by atoms with E-state index >= 15 is 0 Å². The van der Waals surface area contributed by atoms with Gasteiger partial charge >= 0.3 is 0 Å². The second-order valence-electron chi connectivity index (χ2n) is 6.01. The highest BCUT2D eigenvalue weighted by Crippen LogP contribution is 2.32. The summed E-state index contributed by atoms with van der Waals surface area (Å²) in [7, 11) is 1.57. The average Bonchev–Trinajstić information content (AvgIpc) is 2.88. The van der Waals surface area contributed by atoms with Crippen LogP contribution >= 0.6 is 0 Å². The molecule has 0 amide bonds. The van der Waals surface area contributed by atoms with Crippen LogP contribution in [0, 0.1) is 0 Å². The number of ketones is 2. The topological polar surface area (TPSA) is 52.6 Å². The first kappa shape index (κ1) is 17.0. The summed E-state index contributed by atoms with van der Waals surface area (Å²) in [4.78, 5) is 24.9. The van der Waals surface area contributed by atoms with Gasteiger partial charge in [0, 0.05) is 11.1 Å². The zero-order chi connectivity index (χ0) is 18.0. The van der Waals surface area contributed by atoms with Crippen LogP contribution < -0.4 is 9.47 Å². The summed E-state index contributed by atoms with van der Waals surface area (Å²) in [5.41, 5.74) is 1.82. The Hall–Kier alpha value is -2.88. The van der Waals surface area contributed by atoms with E-state index in [1.807, 2.05) is 19.9 Å². The fourth-order valence-corrected chi connectivity index (χ4v) is 2.74. The van der Waals surface area contributed by atoms with Gasteiger partial charge in [0.25, 0.3) is 0 Å². The van der Waals surface area contributed by atoms with E-state index in [0.717, 1.165) is 12.0 Å². The Labute approximate surface area is 147 Å². The van der Waals surface area contributed by atoms with Crippen molar-refractivity contribution < 1.29 is 19.1 Å². The maximum Gasteiger partial charge on any atom is 0.197 e. The van der Waals surface area contributed by atoms with E-state index in [1.54, 1.807) is 49.6 Å². The number of ether oxygens (including phenoxy) is 2. The summed E-state index contributed by atoms with van der Waals surface area (Å²) in [6, 6.07) is 12.3. The third-order valence-electron chi connectivity index (χ3n) is 4.31. The quantitative estimate of drug-likeness (QED) is 0.602. The summed E-state index contributed by atoms with van der Waals surface area (Å²) < 4.78 is 11.2. The van der Waals surface area contributed by atoms with Crippen LogP contribution in [0.5, 0.6) is 11.5 Å². The Bertz CT molecular complexity index is 827. The normalized spacial score (nSPS) is 14.3. The van der Waals surface area contributed by atoms with E-state index in [0.29, 0.717) is 22.6 Å². The van der Waals surface area contributed by atoms with Crippen molar-refractivity contribution in [3.8, 4) is 11.5 Å².